The molecule has 2 N–H and O–H groups in total. The van der Waals surface area contributed by atoms with Crippen LogP contribution in [-0.2, 0) is 14.3 Å². The molecule has 3 rings (SSSR count). The molecular formula is C14H14INO4. The van der Waals surface area contributed by atoms with Gasteiger partial charge in [-0.25, -0.2) is 0 Å². The number of carbonyl (C=O) groups excluding carboxylic acids is 1. The topological polar surface area (TPSA) is 75.6 Å². The van der Waals surface area contributed by atoms with Gasteiger partial charge in [-0.1, -0.05) is 12.1 Å². The van der Waals surface area contributed by atoms with Crippen molar-refractivity contribution in [3.63, 3.8) is 0 Å². The molecule has 2 bridgehead atoms. The zero-order chi connectivity index (χ0) is 14.3. The van der Waals surface area contributed by atoms with E-state index in [0.717, 1.165) is 16.4 Å². The molecule has 5 nitrogen and oxygen atoms in total. The normalized spacial score (nSPS) is 31.2. The molecule has 2 aliphatic heterocycles. The molecule has 20 heavy (non-hydrogen) atoms. The number of rotatable bonds is 3. The number of ether oxygens (including phenoxy) is 1. The van der Waals surface area contributed by atoms with Crippen molar-refractivity contribution in [3.05, 3.63) is 27.8 Å². The number of halogens is 1. The molecule has 1 aromatic rings. The summed E-state index contributed by atoms with van der Waals surface area (Å²) in [4.78, 5) is 23.8. The average Bonchev–Trinajstić information content (AvgIpc) is 3.01. The van der Waals surface area contributed by atoms with Crippen molar-refractivity contribution in [2.45, 2.75) is 25.0 Å². The fourth-order valence-electron chi connectivity index (χ4n) is 3.10. The van der Waals surface area contributed by atoms with E-state index >= 15 is 0 Å². The van der Waals surface area contributed by atoms with Gasteiger partial charge >= 0.3 is 5.97 Å². The number of hydrogen-bond acceptors (Lipinski definition) is 3. The van der Waals surface area contributed by atoms with E-state index in [0.29, 0.717) is 5.69 Å². The number of anilines is 1. The van der Waals surface area contributed by atoms with E-state index in [2.05, 4.69) is 27.9 Å². The first-order valence-electron chi connectivity index (χ1n) is 6.51. The molecule has 106 valence electrons. The Balaban J connectivity index is 1.80. The van der Waals surface area contributed by atoms with E-state index in [1.807, 2.05) is 24.3 Å². The van der Waals surface area contributed by atoms with Gasteiger partial charge in [0.1, 0.15) is 0 Å². The maximum Gasteiger partial charge on any atom is 0.310 e. The van der Waals surface area contributed by atoms with Crippen molar-refractivity contribution in [2.24, 2.45) is 11.8 Å². The minimum Gasteiger partial charge on any atom is -0.481 e. The summed E-state index contributed by atoms with van der Waals surface area (Å²) < 4.78 is 6.53. The van der Waals surface area contributed by atoms with E-state index in [1.165, 1.54) is 0 Å². The summed E-state index contributed by atoms with van der Waals surface area (Å²) in [5.41, 5.74) is 0.713. The van der Waals surface area contributed by atoms with Crippen LogP contribution in [0.3, 0.4) is 0 Å². The Morgan fingerprint density at radius 1 is 1.20 bits per heavy atom. The first kappa shape index (κ1) is 13.8. The van der Waals surface area contributed by atoms with Gasteiger partial charge in [-0.3, -0.25) is 9.59 Å². The number of carboxylic acid groups (broad SMARTS) is 1. The lowest BCUT2D eigenvalue weighted by atomic mass is 9.78. The quantitative estimate of drug-likeness (QED) is 0.780. The SMILES string of the molecule is O=C(O)[C@@H]1[C@H](C(=O)Nc2ccccc2I)[C@@H]2CC[C@@H]1O2. The number of para-hydroxylation sites is 1. The van der Waals surface area contributed by atoms with Crippen LogP contribution in [0.2, 0.25) is 0 Å². The van der Waals surface area contributed by atoms with Crippen LogP contribution in [0.15, 0.2) is 24.3 Å². The Bertz CT molecular complexity index is 562. The Hall–Kier alpha value is -1.15. The average molecular weight is 387 g/mol. The lowest BCUT2D eigenvalue weighted by molar-refractivity contribution is -0.147. The zero-order valence-electron chi connectivity index (χ0n) is 10.6. The lowest BCUT2D eigenvalue weighted by Gasteiger charge is -2.24. The van der Waals surface area contributed by atoms with E-state index in [1.54, 1.807) is 0 Å². The number of carbonyl (C=O) groups is 2. The van der Waals surface area contributed by atoms with Gasteiger partial charge in [0, 0.05) is 3.57 Å². The third-order valence-corrected chi connectivity index (χ3v) is 4.93. The number of aliphatic carboxylic acids is 1. The van der Waals surface area contributed by atoms with Crippen molar-refractivity contribution in [1.29, 1.82) is 0 Å². The minimum absolute atomic E-state index is 0.256. The lowest BCUT2D eigenvalue weighted by Crippen LogP contribution is -2.41. The molecule has 0 saturated carbocycles. The molecule has 2 saturated heterocycles. The standard InChI is InChI=1S/C14H14INO4/c15-7-3-1-2-4-8(7)16-13(17)11-9-5-6-10(20-9)12(11)14(18)19/h1-4,9-12H,5-6H2,(H,16,17)(H,18,19)/t9-,10-,11+,12-/m0/s1. The maximum absolute atomic E-state index is 12.4. The van der Waals surface area contributed by atoms with Crippen molar-refractivity contribution in [1.82, 2.24) is 0 Å². The molecule has 0 unspecified atom stereocenters. The van der Waals surface area contributed by atoms with Crippen LogP contribution in [0.25, 0.3) is 0 Å². The fourth-order valence-corrected chi connectivity index (χ4v) is 3.63. The highest BCUT2D eigenvalue weighted by atomic mass is 127. The van der Waals surface area contributed by atoms with Gasteiger partial charge in [-0.15, -0.1) is 0 Å². The van der Waals surface area contributed by atoms with Gasteiger partial charge < -0.3 is 15.2 Å². The van der Waals surface area contributed by atoms with E-state index in [9.17, 15) is 14.7 Å². The summed E-state index contributed by atoms with van der Waals surface area (Å²) in [5, 5.41) is 12.1. The monoisotopic (exact) mass is 387 g/mol. The Morgan fingerprint density at radius 3 is 2.50 bits per heavy atom. The summed E-state index contributed by atoms with van der Waals surface area (Å²) in [7, 11) is 0. The molecule has 1 amide bonds. The van der Waals surface area contributed by atoms with Crippen LogP contribution in [0.1, 0.15) is 12.8 Å². The number of fused-ring (bicyclic) bond motifs is 2. The fraction of sp³-hybridized carbons (Fsp3) is 0.429. The van der Waals surface area contributed by atoms with Crippen molar-refractivity contribution in [2.75, 3.05) is 5.32 Å². The summed E-state index contributed by atoms with van der Waals surface area (Å²) >= 11 is 2.14. The Labute approximate surface area is 129 Å². The summed E-state index contributed by atoms with van der Waals surface area (Å²) in [6.45, 7) is 0. The molecule has 2 aliphatic rings. The van der Waals surface area contributed by atoms with Crippen molar-refractivity contribution >= 4 is 40.2 Å². The molecule has 4 atom stereocenters. The summed E-state index contributed by atoms with van der Waals surface area (Å²) in [5.74, 6) is -2.52. The highest BCUT2D eigenvalue weighted by Crippen LogP contribution is 2.44. The highest BCUT2D eigenvalue weighted by Gasteiger charge is 2.55. The second-order valence-electron chi connectivity index (χ2n) is 5.15. The largest absolute Gasteiger partial charge is 0.481 e. The molecule has 0 spiro atoms. The summed E-state index contributed by atoms with van der Waals surface area (Å²) in [6.07, 6.45) is 0.915. The second kappa shape index (κ2) is 5.33. The van der Waals surface area contributed by atoms with Crippen LogP contribution in [0.4, 0.5) is 5.69 Å². The van der Waals surface area contributed by atoms with Crippen LogP contribution < -0.4 is 5.32 Å². The van der Waals surface area contributed by atoms with Gasteiger partial charge in [0.2, 0.25) is 5.91 Å². The highest BCUT2D eigenvalue weighted by molar-refractivity contribution is 14.1. The molecule has 0 aromatic heterocycles. The van der Waals surface area contributed by atoms with Gasteiger partial charge in [-0.2, -0.15) is 0 Å². The molecule has 6 heteroatoms. The number of benzene rings is 1. The van der Waals surface area contributed by atoms with Crippen LogP contribution in [0.5, 0.6) is 0 Å². The molecule has 1 aromatic carbocycles. The van der Waals surface area contributed by atoms with Gasteiger partial charge in [0.05, 0.1) is 29.7 Å². The first-order chi connectivity index (χ1) is 9.58. The molecule has 2 heterocycles. The number of carboxylic acids is 1. The van der Waals surface area contributed by atoms with Crippen molar-refractivity contribution < 1.29 is 19.4 Å². The van der Waals surface area contributed by atoms with E-state index in [4.69, 9.17) is 4.74 Å². The third kappa shape index (κ3) is 2.31. The Morgan fingerprint density at radius 2 is 1.85 bits per heavy atom. The first-order valence-corrected chi connectivity index (χ1v) is 7.59. The zero-order valence-corrected chi connectivity index (χ0v) is 12.7. The smallest absolute Gasteiger partial charge is 0.310 e. The van der Waals surface area contributed by atoms with E-state index < -0.39 is 17.8 Å². The van der Waals surface area contributed by atoms with Gasteiger partial charge in [-0.05, 0) is 47.6 Å². The number of nitrogens with one attached hydrogen (secondary N) is 1. The number of hydrogen-bond donors (Lipinski definition) is 2. The van der Waals surface area contributed by atoms with Gasteiger partial charge in [0.15, 0.2) is 0 Å². The predicted molar refractivity (Wildman–Crippen MR) is 80.3 cm³/mol. The van der Waals surface area contributed by atoms with Gasteiger partial charge in [0.25, 0.3) is 0 Å². The summed E-state index contributed by atoms with van der Waals surface area (Å²) in [6, 6.07) is 7.42. The third-order valence-electron chi connectivity index (χ3n) is 3.99. The molecule has 0 radical (unpaired) electrons. The van der Waals surface area contributed by atoms with Crippen LogP contribution in [0, 0.1) is 15.4 Å². The second-order valence-corrected chi connectivity index (χ2v) is 6.31. The molecule has 2 fully saturated rings. The minimum atomic E-state index is -0.944. The molecular weight excluding hydrogens is 373 g/mol. The predicted octanol–water partition coefficient (Wildman–Crippen LogP) is 2.11. The number of amides is 1. The van der Waals surface area contributed by atoms with Crippen LogP contribution in [-0.4, -0.2) is 29.2 Å². The van der Waals surface area contributed by atoms with Crippen LogP contribution >= 0.6 is 22.6 Å². The molecule has 0 aliphatic carbocycles. The van der Waals surface area contributed by atoms with Crippen molar-refractivity contribution in [3.8, 4) is 0 Å². The Kier molecular flexibility index (Phi) is 3.68. The maximum atomic E-state index is 12.4. The van der Waals surface area contributed by atoms with E-state index in [-0.39, 0.29) is 18.1 Å².